The summed E-state index contributed by atoms with van der Waals surface area (Å²) in [6.07, 6.45) is 3.90. The molecule has 1 amide bonds. The van der Waals surface area contributed by atoms with Gasteiger partial charge in [-0.3, -0.25) is 4.79 Å². The van der Waals surface area contributed by atoms with Crippen LogP contribution in [-0.2, 0) is 4.79 Å². The van der Waals surface area contributed by atoms with Gasteiger partial charge in [-0.25, -0.2) is 0 Å². The fourth-order valence-electron chi connectivity index (χ4n) is 2.00. The fourth-order valence-corrected chi connectivity index (χ4v) is 2.38. The lowest BCUT2D eigenvalue weighted by Crippen LogP contribution is -2.37. The summed E-state index contributed by atoms with van der Waals surface area (Å²) >= 11 is 3.39. The number of benzene rings is 1. The Labute approximate surface area is 134 Å². The Hall–Kier alpha value is -1.33. The zero-order valence-electron chi connectivity index (χ0n) is 12.6. The van der Waals surface area contributed by atoms with Crippen molar-refractivity contribution < 1.29 is 14.6 Å². The van der Waals surface area contributed by atoms with Gasteiger partial charge in [-0.1, -0.05) is 29.8 Å². The van der Waals surface area contributed by atoms with E-state index in [2.05, 4.69) is 35.1 Å². The highest BCUT2D eigenvalue weighted by atomic mass is 79.9. The third-order valence-electron chi connectivity index (χ3n) is 2.93. The molecule has 1 rings (SSSR count). The van der Waals surface area contributed by atoms with Crippen LogP contribution in [0, 0.1) is 5.92 Å². The summed E-state index contributed by atoms with van der Waals surface area (Å²) in [4.78, 5) is 11.9. The third-order valence-corrected chi connectivity index (χ3v) is 3.42. The van der Waals surface area contributed by atoms with Crippen LogP contribution >= 0.6 is 15.9 Å². The largest absolute Gasteiger partial charge is 0.496 e. The van der Waals surface area contributed by atoms with E-state index >= 15 is 0 Å². The Morgan fingerprint density at radius 3 is 2.76 bits per heavy atom. The molecule has 1 atom stereocenters. The zero-order chi connectivity index (χ0) is 15.8. The minimum Gasteiger partial charge on any atom is -0.496 e. The molecule has 1 aromatic rings. The Balaban J connectivity index is 2.71. The van der Waals surface area contributed by atoms with Crippen molar-refractivity contribution in [1.82, 2.24) is 5.32 Å². The van der Waals surface area contributed by atoms with E-state index in [0.717, 1.165) is 16.5 Å². The Morgan fingerprint density at radius 1 is 1.48 bits per heavy atom. The first kappa shape index (κ1) is 17.7. The molecular formula is C16H22BrNO3. The molecule has 0 aliphatic heterocycles. The van der Waals surface area contributed by atoms with Gasteiger partial charge in [-0.05, 0) is 36.6 Å². The molecular weight excluding hydrogens is 334 g/mol. The van der Waals surface area contributed by atoms with Gasteiger partial charge in [-0.2, -0.15) is 0 Å². The van der Waals surface area contributed by atoms with Crippen molar-refractivity contribution in [2.24, 2.45) is 5.92 Å². The molecule has 0 bridgehead atoms. The molecule has 2 N–H and O–H groups in total. The number of carbonyl (C=O) groups excluding carboxylic acids is 1. The van der Waals surface area contributed by atoms with Gasteiger partial charge in [0, 0.05) is 16.1 Å². The van der Waals surface area contributed by atoms with E-state index in [9.17, 15) is 9.90 Å². The highest BCUT2D eigenvalue weighted by Gasteiger charge is 2.11. The van der Waals surface area contributed by atoms with Crippen LogP contribution in [0.2, 0.25) is 0 Å². The molecule has 116 valence electrons. The molecule has 0 spiro atoms. The predicted molar refractivity (Wildman–Crippen MR) is 88.2 cm³/mol. The van der Waals surface area contributed by atoms with Gasteiger partial charge in [0.25, 0.3) is 0 Å². The number of methoxy groups -OCH3 is 1. The van der Waals surface area contributed by atoms with Crippen LogP contribution in [-0.4, -0.2) is 30.8 Å². The average molecular weight is 356 g/mol. The number of aliphatic hydroxyl groups is 1. The number of rotatable bonds is 7. The highest BCUT2D eigenvalue weighted by Crippen LogP contribution is 2.24. The van der Waals surface area contributed by atoms with Crippen LogP contribution in [0.4, 0.5) is 0 Å². The van der Waals surface area contributed by atoms with E-state index in [-0.39, 0.29) is 18.6 Å². The normalized spacial score (nSPS) is 12.7. The molecule has 0 aromatic heterocycles. The summed E-state index contributed by atoms with van der Waals surface area (Å²) in [5.74, 6) is 0.886. The van der Waals surface area contributed by atoms with Gasteiger partial charge < -0.3 is 15.2 Å². The lowest BCUT2D eigenvalue weighted by atomic mass is 10.0. The zero-order valence-corrected chi connectivity index (χ0v) is 14.2. The smallest absolute Gasteiger partial charge is 0.244 e. The Kier molecular flexibility index (Phi) is 7.47. The highest BCUT2D eigenvalue weighted by molar-refractivity contribution is 9.10. The maximum Gasteiger partial charge on any atom is 0.244 e. The minimum atomic E-state index is -0.225. The first-order valence-electron chi connectivity index (χ1n) is 6.89. The Bertz CT molecular complexity index is 500. The fraction of sp³-hybridized carbons (Fsp3) is 0.438. The molecule has 0 saturated heterocycles. The van der Waals surface area contributed by atoms with Gasteiger partial charge in [-0.15, -0.1) is 0 Å². The molecule has 0 heterocycles. The molecule has 1 unspecified atom stereocenters. The van der Waals surface area contributed by atoms with Crippen molar-refractivity contribution in [3.8, 4) is 5.75 Å². The number of amides is 1. The second-order valence-corrected chi connectivity index (χ2v) is 6.15. The monoisotopic (exact) mass is 355 g/mol. The second-order valence-electron chi connectivity index (χ2n) is 5.24. The van der Waals surface area contributed by atoms with Crippen LogP contribution in [0.15, 0.2) is 28.7 Å². The van der Waals surface area contributed by atoms with Gasteiger partial charge in [0.1, 0.15) is 5.75 Å². The van der Waals surface area contributed by atoms with Gasteiger partial charge >= 0.3 is 0 Å². The van der Waals surface area contributed by atoms with Crippen LogP contribution < -0.4 is 10.1 Å². The molecule has 0 aliphatic rings. The quantitative estimate of drug-likeness (QED) is 0.739. The maximum atomic E-state index is 11.9. The van der Waals surface area contributed by atoms with Gasteiger partial charge in [0.2, 0.25) is 5.91 Å². The van der Waals surface area contributed by atoms with Crippen LogP contribution in [0.3, 0.4) is 0 Å². The molecule has 0 saturated carbocycles. The average Bonchev–Trinajstić information content (AvgIpc) is 2.44. The van der Waals surface area contributed by atoms with E-state index < -0.39 is 0 Å². The third kappa shape index (κ3) is 6.31. The summed E-state index contributed by atoms with van der Waals surface area (Å²) in [6, 6.07) is 5.37. The minimum absolute atomic E-state index is 0.0576. The van der Waals surface area contributed by atoms with Crippen LogP contribution in [0.1, 0.15) is 25.8 Å². The topological polar surface area (TPSA) is 58.6 Å². The first-order chi connectivity index (χ1) is 9.96. The van der Waals surface area contributed by atoms with Crippen molar-refractivity contribution in [3.63, 3.8) is 0 Å². The van der Waals surface area contributed by atoms with Crippen LogP contribution in [0.25, 0.3) is 6.08 Å². The molecule has 4 nitrogen and oxygen atoms in total. The number of nitrogens with one attached hydrogen (secondary N) is 1. The standard InChI is InChI=1S/C16H22BrNO3/c1-11(2)8-14(10-19)18-16(20)7-4-12-9-13(17)5-6-15(12)21-3/h4-7,9,11,14,19H,8,10H2,1-3H3,(H,18,20)/b7-4+. The summed E-state index contributed by atoms with van der Waals surface area (Å²) in [5.41, 5.74) is 0.812. The molecule has 0 radical (unpaired) electrons. The van der Waals surface area contributed by atoms with Gasteiger partial charge in [0.05, 0.1) is 19.8 Å². The van der Waals surface area contributed by atoms with E-state index in [0.29, 0.717) is 11.7 Å². The number of hydrogen-bond donors (Lipinski definition) is 2. The van der Waals surface area contributed by atoms with E-state index in [4.69, 9.17) is 4.74 Å². The molecule has 5 heteroatoms. The van der Waals surface area contributed by atoms with Crippen LogP contribution in [0.5, 0.6) is 5.75 Å². The lowest BCUT2D eigenvalue weighted by Gasteiger charge is -2.17. The molecule has 21 heavy (non-hydrogen) atoms. The summed E-state index contributed by atoms with van der Waals surface area (Å²) in [7, 11) is 1.59. The number of aliphatic hydroxyl groups excluding tert-OH is 1. The Morgan fingerprint density at radius 2 is 2.19 bits per heavy atom. The van der Waals surface area contributed by atoms with Crippen molar-refractivity contribution >= 4 is 27.9 Å². The summed E-state index contributed by atoms with van der Waals surface area (Å²) < 4.78 is 6.16. The van der Waals surface area contributed by atoms with E-state index in [1.165, 1.54) is 6.08 Å². The number of halogens is 1. The lowest BCUT2D eigenvalue weighted by molar-refractivity contribution is -0.117. The number of carbonyl (C=O) groups is 1. The molecule has 0 aliphatic carbocycles. The second kappa shape index (κ2) is 8.85. The van der Waals surface area contributed by atoms with E-state index in [1.54, 1.807) is 13.2 Å². The SMILES string of the molecule is COc1ccc(Br)cc1/C=C/C(=O)NC(CO)CC(C)C. The molecule has 0 fully saturated rings. The van der Waals surface area contributed by atoms with Crippen molar-refractivity contribution in [3.05, 3.63) is 34.3 Å². The van der Waals surface area contributed by atoms with Gasteiger partial charge in [0.15, 0.2) is 0 Å². The first-order valence-corrected chi connectivity index (χ1v) is 7.68. The summed E-state index contributed by atoms with van der Waals surface area (Å²) in [5, 5.41) is 12.1. The number of ether oxygens (including phenoxy) is 1. The number of hydrogen-bond acceptors (Lipinski definition) is 3. The maximum absolute atomic E-state index is 11.9. The molecule has 1 aromatic carbocycles. The summed E-state index contributed by atoms with van der Waals surface area (Å²) in [6.45, 7) is 4.05. The van der Waals surface area contributed by atoms with E-state index in [1.807, 2.05) is 18.2 Å². The predicted octanol–water partition coefficient (Wildman–Crippen LogP) is 2.99. The van der Waals surface area contributed by atoms with Crippen molar-refractivity contribution in [2.75, 3.05) is 13.7 Å². The van der Waals surface area contributed by atoms with Crippen molar-refractivity contribution in [2.45, 2.75) is 26.3 Å². The van der Waals surface area contributed by atoms with Crippen molar-refractivity contribution in [1.29, 1.82) is 0 Å².